The molecule has 0 aliphatic rings. The smallest absolute Gasteiger partial charge is 0.417 e. The zero-order valence-corrected chi connectivity index (χ0v) is 13.1. The van der Waals surface area contributed by atoms with Crippen molar-refractivity contribution in [2.75, 3.05) is 6.61 Å². The molecule has 0 spiro atoms. The average molecular weight is 379 g/mol. The molecule has 4 rings (SSSR count). The predicted octanol–water partition coefficient (Wildman–Crippen LogP) is 2.41. The molecule has 0 unspecified atom stereocenters. The number of alkyl halides is 3. The molecule has 4 aromatic heterocycles. The summed E-state index contributed by atoms with van der Waals surface area (Å²) in [5.74, 6) is -1.73. The molecule has 0 aromatic carbocycles. The van der Waals surface area contributed by atoms with Gasteiger partial charge in [0.2, 0.25) is 12.3 Å². The molecule has 0 fully saturated rings. The van der Waals surface area contributed by atoms with Gasteiger partial charge in [0.05, 0.1) is 5.56 Å². The minimum atomic E-state index is -4.70. The van der Waals surface area contributed by atoms with E-state index < -0.39 is 30.2 Å². The number of imidazole rings is 1. The van der Waals surface area contributed by atoms with Crippen molar-refractivity contribution in [2.24, 2.45) is 0 Å². The number of hydrogen-bond acceptors (Lipinski definition) is 7. The van der Waals surface area contributed by atoms with Gasteiger partial charge in [-0.1, -0.05) is 0 Å². The fourth-order valence-electron chi connectivity index (χ4n) is 2.54. The highest BCUT2D eigenvalue weighted by Gasteiger charge is 2.34. The molecule has 0 radical (unpaired) electrons. The van der Waals surface area contributed by atoms with Gasteiger partial charge in [-0.25, -0.2) is 9.78 Å². The van der Waals surface area contributed by atoms with Crippen LogP contribution in [0.1, 0.15) is 5.56 Å². The summed E-state index contributed by atoms with van der Waals surface area (Å²) in [6.07, 6.45) is -2.22. The summed E-state index contributed by atoms with van der Waals surface area (Å²) in [4.78, 5) is 18.9. The van der Waals surface area contributed by atoms with E-state index in [0.717, 1.165) is 6.39 Å². The van der Waals surface area contributed by atoms with Crippen molar-refractivity contribution in [3.05, 3.63) is 36.4 Å². The lowest BCUT2D eigenvalue weighted by atomic mass is 10.1. The first-order chi connectivity index (χ1) is 12.8. The fraction of sp³-hybridized carbons (Fsp3) is 0.133. The first-order valence-electron chi connectivity index (χ1n) is 7.34. The predicted molar refractivity (Wildman–Crippen MR) is 81.9 cm³/mol. The van der Waals surface area contributed by atoms with Crippen LogP contribution in [0.25, 0.3) is 28.3 Å². The second kappa shape index (κ2) is 5.93. The van der Waals surface area contributed by atoms with E-state index in [-0.39, 0.29) is 28.3 Å². The van der Waals surface area contributed by atoms with Gasteiger partial charge in [-0.2, -0.15) is 18.2 Å². The van der Waals surface area contributed by atoms with Crippen molar-refractivity contribution in [1.82, 2.24) is 24.6 Å². The molecule has 0 aliphatic heterocycles. The Bertz CT molecular complexity index is 1150. The lowest BCUT2D eigenvalue weighted by Crippen LogP contribution is -2.13. The number of carbonyl (C=O) groups is 1. The van der Waals surface area contributed by atoms with E-state index in [2.05, 4.69) is 20.2 Å². The van der Waals surface area contributed by atoms with E-state index in [0.29, 0.717) is 6.07 Å². The Morgan fingerprint density at radius 3 is 2.78 bits per heavy atom. The number of aliphatic carboxylic acids is 1. The van der Waals surface area contributed by atoms with Gasteiger partial charge in [0, 0.05) is 17.6 Å². The number of pyridine rings is 2. The number of aromatic nitrogens is 5. The summed E-state index contributed by atoms with van der Waals surface area (Å²) >= 11 is 0. The molecular formula is C15H8F3N5O4. The summed E-state index contributed by atoms with van der Waals surface area (Å²) in [6, 6.07) is 3.27. The number of fused-ring (bicyclic) bond motifs is 3. The van der Waals surface area contributed by atoms with Crippen LogP contribution in [0.15, 0.2) is 35.2 Å². The molecule has 4 aromatic rings. The minimum absolute atomic E-state index is 0.0844. The minimum Gasteiger partial charge on any atom is -0.479 e. The Balaban J connectivity index is 1.97. The van der Waals surface area contributed by atoms with Crippen LogP contribution < -0.4 is 4.74 Å². The first-order valence-corrected chi connectivity index (χ1v) is 7.34. The van der Waals surface area contributed by atoms with Crippen molar-refractivity contribution < 1.29 is 32.2 Å². The summed E-state index contributed by atoms with van der Waals surface area (Å²) < 4.78 is 51.6. The number of rotatable bonds is 4. The molecular weight excluding hydrogens is 371 g/mol. The Morgan fingerprint density at radius 1 is 1.30 bits per heavy atom. The lowest BCUT2D eigenvalue weighted by Gasteiger charge is -2.13. The van der Waals surface area contributed by atoms with E-state index in [1.807, 2.05) is 0 Å². The molecule has 0 amide bonds. The molecule has 0 saturated carbocycles. The summed E-state index contributed by atoms with van der Waals surface area (Å²) in [7, 11) is 0. The number of carboxylic acids is 1. The van der Waals surface area contributed by atoms with Crippen molar-refractivity contribution in [1.29, 1.82) is 0 Å². The Labute approximate surface area is 147 Å². The Kier molecular flexibility index (Phi) is 3.68. The third-order valence-electron chi connectivity index (χ3n) is 3.60. The zero-order chi connectivity index (χ0) is 19.2. The zero-order valence-electron chi connectivity index (χ0n) is 13.1. The molecule has 0 aliphatic carbocycles. The number of ether oxygens (including phenoxy) is 1. The molecule has 9 nitrogen and oxygen atoms in total. The molecule has 4 heterocycles. The van der Waals surface area contributed by atoms with Crippen molar-refractivity contribution >= 4 is 22.6 Å². The first kappa shape index (κ1) is 16.8. The molecule has 0 saturated heterocycles. The maximum Gasteiger partial charge on any atom is 0.417 e. The molecule has 0 bridgehead atoms. The van der Waals surface area contributed by atoms with Gasteiger partial charge in [-0.15, -0.1) is 10.2 Å². The van der Waals surface area contributed by atoms with Crippen LogP contribution >= 0.6 is 0 Å². The molecule has 0 atom stereocenters. The second-order valence-corrected chi connectivity index (χ2v) is 5.36. The van der Waals surface area contributed by atoms with Gasteiger partial charge in [0.25, 0.3) is 5.89 Å². The van der Waals surface area contributed by atoms with Crippen molar-refractivity contribution in [3.8, 4) is 17.5 Å². The molecule has 12 heteroatoms. The highest BCUT2D eigenvalue weighted by atomic mass is 19.4. The number of nitrogens with zero attached hydrogens (tertiary/aromatic N) is 5. The van der Waals surface area contributed by atoms with Gasteiger partial charge in [0.1, 0.15) is 17.0 Å². The van der Waals surface area contributed by atoms with E-state index in [1.54, 1.807) is 0 Å². The number of halogens is 3. The second-order valence-electron chi connectivity index (χ2n) is 5.36. The third kappa shape index (κ3) is 3.01. The van der Waals surface area contributed by atoms with Gasteiger partial charge in [0.15, 0.2) is 6.61 Å². The van der Waals surface area contributed by atoms with Gasteiger partial charge in [-0.3, -0.25) is 4.40 Å². The summed E-state index contributed by atoms with van der Waals surface area (Å²) in [6.45, 7) is -0.830. The van der Waals surface area contributed by atoms with Gasteiger partial charge in [-0.05, 0) is 12.1 Å². The monoisotopic (exact) mass is 379 g/mol. The quantitative estimate of drug-likeness (QED) is 0.575. The Morgan fingerprint density at radius 2 is 2.11 bits per heavy atom. The van der Waals surface area contributed by atoms with E-state index >= 15 is 0 Å². The van der Waals surface area contributed by atoms with Crippen LogP contribution in [-0.4, -0.2) is 42.2 Å². The van der Waals surface area contributed by atoms with Crippen LogP contribution in [0, 0.1) is 0 Å². The number of hydrogen-bond donors (Lipinski definition) is 1. The highest BCUT2D eigenvalue weighted by molar-refractivity contribution is 5.84. The number of carboxylic acid groups (broad SMARTS) is 1. The van der Waals surface area contributed by atoms with Crippen LogP contribution in [0.2, 0.25) is 0 Å². The van der Waals surface area contributed by atoms with Crippen LogP contribution in [-0.2, 0) is 11.0 Å². The van der Waals surface area contributed by atoms with E-state index in [1.165, 1.54) is 22.7 Å². The highest BCUT2D eigenvalue weighted by Crippen LogP contribution is 2.36. The largest absolute Gasteiger partial charge is 0.479 e. The summed E-state index contributed by atoms with van der Waals surface area (Å²) in [5, 5.41) is 15.7. The lowest BCUT2D eigenvalue weighted by molar-refractivity contribution is -0.139. The van der Waals surface area contributed by atoms with Gasteiger partial charge >= 0.3 is 12.1 Å². The van der Waals surface area contributed by atoms with Gasteiger partial charge < -0.3 is 14.3 Å². The normalized spacial score (nSPS) is 12.0. The maximum absolute atomic E-state index is 13.5. The van der Waals surface area contributed by atoms with E-state index in [4.69, 9.17) is 14.3 Å². The topological polar surface area (TPSA) is 116 Å². The average Bonchev–Trinajstić information content (AvgIpc) is 3.27. The molecule has 138 valence electrons. The van der Waals surface area contributed by atoms with E-state index in [9.17, 15) is 18.0 Å². The van der Waals surface area contributed by atoms with Crippen LogP contribution in [0.5, 0.6) is 5.88 Å². The van der Waals surface area contributed by atoms with Crippen LogP contribution in [0.3, 0.4) is 0 Å². The maximum atomic E-state index is 13.5. The van der Waals surface area contributed by atoms with Crippen molar-refractivity contribution in [2.45, 2.75) is 6.18 Å². The third-order valence-corrected chi connectivity index (χ3v) is 3.60. The van der Waals surface area contributed by atoms with Crippen LogP contribution in [0.4, 0.5) is 13.2 Å². The molecule has 1 N–H and O–H groups in total. The standard InChI is InChI=1S/C15H8F3N5O4/c16-15(17,18)8-3-11(26-5-12(24)25)21-13-7(8)1-2-10-20-9(4-23(10)13)14-22-19-6-27-14/h1-4,6H,5H2,(H,24,25). The van der Waals surface area contributed by atoms with Crippen molar-refractivity contribution in [3.63, 3.8) is 0 Å². The SMILES string of the molecule is O=C(O)COc1cc(C(F)(F)F)c2ccc3nc(-c4nnco4)cn3c2n1. The fourth-order valence-corrected chi connectivity index (χ4v) is 2.54. The Hall–Kier alpha value is -3.70. The molecule has 27 heavy (non-hydrogen) atoms. The summed E-state index contributed by atoms with van der Waals surface area (Å²) in [5.41, 5.74) is -0.595.